The lowest BCUT2D eigenvalue weighted by Gasteiger charge is -2.05. The Labute approximate surface area is 146 Å². The van der Waals surface area contributed by atoms with Crippen LogP contribution in [0.3, 0.4) is 0 Å². The molecule has 27 heavy (non-hydrogen) atoms. The molecule has 6 nitrogen and oxygen atoms in total. The van der Waals surface area contributed by atoms with Gasteiger partial charge in [0.2, 0.25) is 5.82 Å². The van der Waals surface area contributed by atoms with Crippen molar-refractivity contribution in [3.05, 3.63) is 62.7 Å². The summed E-state index contributed by atoms with van der Waals surface area (Å²) in [7, 11) is 1.53. The Morgan fingerprint density at radius 1 is 1.19 bits per heavy atom. The second-order valence-corrected chi connectivity index (χ2v) is 5.88. The fourth-order valence-electron chi connectivity index (χ4n) is 2.70. The van der Waals surface area contributed by atoms with Gasteiger partial charge in [0.25, 0.3) is 5.56 Å². The molecule has 0 aliphatic rings. The van der Waals surface area contributed by atoms with E-state index in [1.54, 1.807) is 0 Å². The number of nitrogens with one attached hydrogen (secondary N) is 1. The van der Waals surface area contributed by atoms with Crippen molar-refractivity contribution in [1.82, 2.24) is 14.5 Å². The third-order valence-electron chi connectivity index (χ3n) is 4.07. The van der Waals surface area contributed by atoms with Gasteiger partial charge < -0.3 is 14.0 Å². The number of aryl methyl sites for hydroxylation is 1. The van der Waals surface area contributed by atoms with Crippen molar-refractivity contribution in [2.45, 2.75) is 6.18 Å². The topological polar surface area (TPSA) is 80.9 Å². The van der Waals surface area contributed by atoms with Crippen molar-refractivity contribution in [1.29, 1.82) is 0 Å². The van der Waals surface area contributed by atoms with Crippen LogP contribution >= 0.6 is 0 Å². The molecular formula is C17H9F4N3O3. The number of nitrogens with zero attached hydrogens (tertiary/aromatic N) is 2. The Kier molecular flexibility index (Phi) is 3.48. The van der Waals surface area contributed by atoms with Crippen LogP contribution in [0.5, 0.6) is 0 Å². The zero-order valence-electron chi connectivity index (χ0n) is 13.5. The Morgan fingerprint density at radius 2 is 1.93 bits per heavy atom. The van der Waals surface area contributed by atoms with Crippen LogP contribution in [-0.4, -0.2) is 14.5 Å². The lowest BCUT2D eigenvalue weighted by atomic mass is 10.1. The summed E-state index contributed by atoms with van der Waals surface area (Å²) in [5, 5.41) is -0.257. The van der Waals surface area contributed by atoms with E-state index in [9.17, 15) is 27.2 Å². The molecule has 0 saturated heterocycles. The molecule has 3 aromatic heterocycles. The largest absolute Gasteiger partial charge is 0.453 e. The average molecular weight is 379 g/mol. The van der Waals surface area contributed by atoms with Crippen molar-refractivity contribution >= 4 is 22.0 Å². The van der Waals surface area contributed by atoms with E-state index in [2.05, 4.69) is 4.98 Å². The fraction of sp³-hybridized carbons (Fsp3) is 0.118. The van der Waals surface area contributed by atoms with Crippen molar-refractivity contribution in [3.8, 4) is 11.3 Å². The first-order chi connectivity index (χ1) is 12.6. The van der Waals surface area contributed by atoms with Gasteiger partial charge in [-0.25, -0.2) is 9.37 Å². The number of aromatic nitrogens is 3. The second kappa shape index (κ2) is 5.53. The Morgan fingerprint density at radius 3 is 2.59 bits per heavy atom. The summed E-state index contributed by atoms with van der Waals surface area (Å²) in [5.41, 5.74) is -2.09. The molecule has 0 fully saturated rings. The smallest absolute Gasteiger partial charge is 0.449 e. The minimum absolute atomic E-state index is 0.0466. The Bertz CT molecular complexity index is 1330. The summed E-state index contributed by atoms with van der Waals surface area (Å²) in [6.07, 6.45) is -3.39. The highest BCUT2D eigenvalue weighted by atomic mass is 19.4. The predicted molar refractivity (Wildman–Crippen MR) is 87.8 cm³/mol. The second-order valence-electron chi connectivity index (χ2n) is 5.88. The first-order valence-electron chi connectivity index (χ1n) is 7.55. The highest BCUT2D eigenvalue weighted by molar-refractivity contribution is 6.01. The number of benzene rings is 1. The molecule has 4 rings (SSSR count). The molecule has 0 aliphatic heterocycles. The lowest BCUT2D eigenvalue weighted by molar-refractivity contribution is -0.144. The molecule has 0 aliphatic carbocycles. The summed E-state index contributed by atoms with van der Waals surface area (Å²) in [6, 6.07) is 4.53. The van der Waals surface area contributed by atoms with Gasteiger partial charge in [-0.2, -0.15) is 13.2 Å². The standard InChI is InChI=1S/C17H9F4N3O3/c1-24-3-2-7(4-12(24)26)11-6-10(25)8-5-9(18)13-14(15(8)27-11)23-16(22-13)17(19,20)21/h2-6H,1H3,(H,22,23). The summed E-state index contributed by atoms with van der Waals surface area (Å²) in [5.74, 6) is -2.52. The van der Waals surface area contributed by atoms with Crippen molar-refractivity contribution in [2.75, 3.05) is 0 Å². The number of pyridine rings is 1. The molecular weight excluding hydrogens is 370 g/mol. The van der Waals surface area contributed by atoms with Crippen molar-refractivity contribution in [2.24, 2.45) is 7.05 Å². The average Bonchev–Trinajstić information content (AvgIpc) is 3.05. The molecule has 0 bridgehead atoms. The number of hydrogen-bond donors (Lipinski definition) is 1. The predicted octanol–water partition coefficient (Wildman–Crippen LogP) is 3.19. The molecule has 4 aromatic rings. The SMILES string of the molecule is Cn1ccc(-c2cc(=O)c3cc(F)c4[nH]c(C(F)(F)F)nc4c3o2)cc1=O. The van der Waals surface area contributed by atoms with Crippen LogP contribution in [0.1, 0.15) is 5.82 Å². The molecule has 0 amide bonds. The molecule has 0 radical (unpaired) electrons. The number of fused-ring (bicyclic) bond motifs is 3. The van der Waals surface area contributed by atoms with Crippen LogP contribution in [-0.2, 0) is 13.2 Å². The summed E-state index contributed by atoms with van der Waals surface area (Å²) in [6.45, 7) is 0. The number of hydrogen-bond acceptors (Lipinski definition) is 4. The van der Waals surface area contributed by atoms with E-state index in [1.165, 1.54) is 29.9 Å². The van der Waals surface area contributed by atoms with Crippen LogP contribution < -0.4 is 11.0 Å². The van der Waals surface area contributed by atoms with Crippen LogP contribution in [0.4, 0.5) is 17.6 Å². The van der Waals surface area contributed by atoms with Crippen LogP contribution in [0.25, 0.3) is 33.3 Å². The zero-order valence-corrected chi connectivity index (χ0v) is 13.5. The van der Waals surface area contributed by atoms with Gasteiger partial charge in [-0.3, -0.25) is 9.59 Å². The zero-order chi connectivity index (χ0) is 19.5. The number of alkyl halides is 3. The normalized spacial score (nSPS) is 12.2. The molecule has 10 heteroatoms. The van der Waals surface area contributed by atoms with E-state index < -0.39 is 34.3 Å². The summed E-state index contributed by atoms with van der Waals surface area (Å²) in [4.78, 5) is 29.4. The van der Waals surface area contributed by atoms with Gasteiger partial charge in [-0.1, -0.05) is 0 Å². The van der Waals surface area contributed by atoms with Gasteiger partial charge in [-0.05, 0) is 12.1 Å². The summed E-state index contributed by atoms with van der Waals surface area (Å²) < 4.78 is 59.8. The van der Waals surface area contributed by atoms with E-state index in [0.29, 0.717) is 0 Å². The molecule has 138 valence electrons. The number of aromatic amines is 1. The minimum atomic E-state index is -4.83. The molecule has 0 spiro atoms. The van der Waals surface area contributed by atoms with Crippen LogP contribution in [0.15, 0.2) is 44.5 Å². The van der Waals surface area contributed by atoms with Crippen LogP contribution in [0, 0.1) is 5.82 Å². The third-order valence-corrected chi connectivity index (χ3v) is 4.07. The van der Waals surface area contributed by atoms with Crippen LogP contribution in [0.2, 0.25) is 0 Å². The molecule has 0 atom stereocenters. The van der Waals surface area contributed by atoms with E-state index in [1.807, 2.05) is 4.98 Å². The highest BCUT2D eigenvalue weighted by Gasteiger charge is 2.35. The number of imidazole rings is 1. The summed E-state index contributed by atoms with van der Waals surface area (Å²) >= 11 is 0. The van der Waals surface area contributed by atoms with Gasteiger partial charge >= 0.3 is 6.18 Å². The fourth-order valence-corrected chi connectivity index (χ4v) is 2.70. The first-order valence-corrected chi connectivity index (χ1v) is 7.55. The number of halogens is 4. The van der Waals surface area contributed by atoms with E-state index in [-0.39, 0.29) is 27.9 Å². The Hall–Kier alpha value is -3.43. The van der Waals surface area contributed by atoms with Crippen molar-refractivity contribution < 1.29 is 22.0 Å². The molecule has 3 heterocycles. The van der Waals surface area contributed by atoms with E-state index in [4.69, 9.17) is 4.42 Å². The maximum absolute atomic E-state index is 14.2. The van der Waals surface area contributed by atoms with Gasteiger partial charge in [-0.15, -0.1) is 0 Å². The lowest BCUT2D eigenvalue weighted by Crippen LogP contribution is -2.14. The number of H-pyrrole nitrogens is 1. The van der Waals surface area contributed by atoms with E-state index in [0.717, 1.165) is 12.1 Å². The first kappa shape index (κ1) is 17.0. The quantitative estimate of drug-likeness (QED) is 0.515. The highest BCUT2D eigenvalue weighted by Crippen LogP contribution is 2.33. The van der Waals surface area contributed by atoms with Crippen molar-refractivity contribution in [3.63, 3.8) is 0 Å². The molecule has 1 aromatic carbocycles. The van der Waals surface area contributed by atoms with Gasteiger partial charge in [0, 0.05) is 30.9 Å². The molecule has 0 unspecified atom stereocenters. The Balaban J connectivity index is 2.08. The van der Waals surface area contributed by atoms with E-state index >= 15 is 0 Å². The minimum Gasteiger partial charge on any atom is -0.453 e. The van der Waals surface area contributed by atoms with Gasteiger partial charge in [0.1, 0.15) is 22.6 Å². The maximum atomic E-state index is 14.2. The van der Waals surface area contributed by atoms with Gasteiger partial charge in [0.15, 0.2) is 11.0 Å². The monoisotopic (exact) mass is 379 g/mol. The van der Waals surface area contributed by atoms with Gasteiger partial charge in [0.05, 0.1) is 5.39 Å². The third kappa shape index (κ3) is 2.69. The molecule has 0 saturated carbocycles. The molecule has 1 N–H and O–H groups in total. The number of rotatable bonds is 1. The maximum Gasteiger partial charge on any atom is 0.449 e.